The van der Waals surface area contributed by atoms with Crippen LogP contribution in [0.15, 0.2) is 0 Å². The number of hydrogen-bond donors (Lipinski definition) is 1. The molecule has 1 saturated heterocycles. The maximum atomic E-state index is 11.4. The Morgan fingerprint density at radius 1 is 1.41 bits per heavy atom. The molecule has 17 heavy (non-hydrogen) atoms. The topological polar surface area (TPSA) is 44.8 Å². The van der Waals surface area contributed by atoms with E-state index >= 15 is 0 Å². The van der Waals surface area contributed by atoms with Crippen molar-refractivity contribution in [3.8, 4) is 0 Å². The molecule has 1 N–H and O–H groups in total. The summed E-state index contributed by atoms with van der Waals surface area (Å²) in [4.78, 5) is 15.4. The van der Waals surface area contributed by atoms with Gasteiger partial charge in [-0.3, -0.25) is 9.69 Å². The Morgan fingerprint density at radius 2 is 2.06 bits per heavy atom. The SMILES string of the molecule is CC(CN1CCOCC1)NCCC(=O)N(C)C. The Bertz CT molecular complexity index is 228. The van der Waals surface area contributed by atoms with Crippen LogP contribution in [0.5, 0.6) is 0 Å². The fourth-order valence-electron chi connectivity index (χ4n) is 1.88. The lowest BCUT2D eigenvalue weighted by atomic mass is 10.2. The number of ether oxygens (including phenoxy) is 1. The van der Waals surface area contributed by atoms with Crippen LogP contribution in [0.4, 0.5) is 0 Å². The average Bonchev–Trinajstić information content (AvgIpc) is 2.30. The van der Waals surface area contributed by atoms with Gasteiger partial charge in [-0.25, -0.2) is 0 Å². The van der Waals surface area contributed by atoms with E-state index in [9.17, 15) is 4.79 Å². The summed E-state index contributed by atoms with van der Waals surface area (Å²) in [6, 6.07) is 0.420. The molecule has 1 atom stereocenters. The van der Waals surface area contributed by atoms with E-state index in [1.807, 2.05) is 0 Å². The fraction of sp³-hybridized carbons (Fsp3) is 0.917. The van der Waals surface area contributed by atoms with Gasteiger partial charge in [0, 0.05) is 52.7 Å². The second-order valence-corrected chi connectivity index (χ2v) is 4.81. The number of rotatable bonds is 6. The molecule has 0 saturated carbocycles. The van der Waals surface area contributed by atoms with Crippen molar-refractivity contribution in [3.63, 3.8) is 0 Å². The predicted molar refractivity (Wildman–Crippen MR) is 68.0 cm³/mol. The van der Waals surface area contributed by atoms with E-state index in [-0.39, 0.29) is 5.91 Å². The van der Waals surface area contributed by atoms with Crippen molar-refractivity contribution in [2.75, 3.05) is 53.5 Å². The van der Waals surface area contributed by atoms with Gasteiger partial charge in [0.1, 0.15) is 0 Å². The van der Waals surface area contributed by atoms with Crippen molar-refractivity contribution < 1.29 is 9.53 Å². The molecule has 1 unspecified atom stereocenters. The largest absolute Gasteiger partial charge is 0.379 e. The minimum atomic E-state index is 0.177. The van der Waals surface area contributed by atoms with E-state index in [2.05, 4.69) is 17.1 Å². The summed E-state index contributed by atoms with van der Waals surface area (Å²) in [6.45, 7) is 7.65. The summed E-state index contributed by atoms with van der Waals surface area (Å²) >= 11 is 0. The van der Waals surface area contributed by atoms with Crippen LogP contribution in [0.1, 0.15) is 13.3 Å². The summed E-state index contributed by atoms with van der Waals surface area (Å²) in [5.74, 6) is 0.177. The molecule has 1 rings (SSSR count). The molecule has 100 valence electrons. The number of hydrogen-bond acceptors (Lipinski definition) is 4. The molecule has 1 fully saturated rings. The third-order valence-corrected chi connectivity index (χ3v) is 2.97. The minimum Gasteiger partial charge on any atom is -0.379 e. The number of nitrogens with zero attached hydrogens (tertiary/aromatic N) is 2. The summed E-state index contributed by atoms with van der Waals surface area (Å²) in [7, 11) is 3.58. The molecule has 1 heterocycles. The van der Waals surface area contributed by atoms with E-state index in [0.717, 1.165) is 39.4 Å². The number of morpholine rings is 1. The van der Waals surface area contributed by atoms with Gasteiger partial charge in [0.2, 0.25) is 5.91 Å². The predicted octanol–water partition coefficient (Wildman–Crippen LogP) is -0.225. The Balaban J connectivity index is 2.08. The fourth-order valence-corrected chi connectivity index (χ4v) is 1.88. The third kappa shape index (κ3) is 6.00. The van der Waals surface area contributed by atoms with Gasteiger partial charge in [-0.1, -0.05) is 0 Å². The van der Waals surface area contributed by atoms with Crippen LogP contribution in [-0.2, 0) is 9.53 Å². The summed E-state index contributed by atoms with van der Waals surface area (Å²) < 4.78 is 5.31. The number of nitrogens with one attached hydrogen (secondary N) is 1. The highest BCUT2D eigenvalue weighted by Crippen LogP contribution is 1.98. The number of amides is 1. The van der Waals surface area contributed by atoms with Crippen LogP contribution in [0.2, 0.25) is 0 Å². The number of carbonyl (C=O) groups is 1. The normalized spacial score (nSPS) is 19.0. The summed E-state index contributed by atoms with van der Waals surface area (Å²) in [5, 5.41) is 3.39. The quantitative estimate of drug-likeness (QED) is 0.700. The molecule has 5 nitrogen and oxygen atoms in total. The molecular formula is C12H25N3O2. The van der Waals surface area contributed by atoms with Gasteiger partial charge in [-0.05, 0) is 6.92 Å². The molecule has 1 aliphatic rings. The van der Waals surface area contributed by atoms with Gasteiger partial charge in [0.25, 0.3) is 0 Å². The lowest BCUT2D eigenvalue weighted by Crippen LogP contribution is -2.45. The van der Waals surface area contributed by atoms with Gasteiger partial charge in [0.15, 0.2) is 0 Å². The first-order chi connectivity index (χ1) is 8.09. The first kappa shape index (κ1) is 14.4. The zero-order valence-electron chi connectivity index (χ0n) is 11.2. The molecule has 0 aliphatic carbocycles. The molecule has 0 bridgehead atoms. The Kier molecular flexibility index (Phi) is 6.47. The standard InChI is InChI=1S/C12H25N3O2/c1-11(10-15-6-8-17-9-7-15)13-5-4-12(16)14(2)3/h11,13H,4-10H2,1-3H3. The molecule has 0 aromatic rings. The van der Waals surface area contributed by atoms with Gasteiger partial charge >= 0.3 is 0 Å². The van der Waals surface area contributed by atoms with Crippen LogP contribution >= 0.6 is 0 Å². The molecule has 1 aliphatic heterocycles. The minimum absolute atomic E-state index is 0.177. The third-order valence-electron chi connectivity index (χ3n) is 2.97. The van der Waals surface area contributed by atoms with E-state index < -0.39 is 0 Å². The highest BCUT2D eigenvalue weighted by Gasteiger charge is 2.13. The molecule has 0 aromatic carbocycles. The van der Waals surface area contributed by atoms with E-state index in [1.54, 1.807) is 19.0 Å². The van der Waals surface area contributed by atoms with Gasteiger partial charge < -0.3 is 15.0 Å². The smallest absolute Gasteiger partial charge is 0.223 e. The molecule has 5 heteroatoms. The zero-order chi connectivity index (χ0) is 12.7. The first-order valence-electron chi connectivity index (χ1n) is 6.33. The van der Waals surface area contributed by atoms with Crippen molar-refractivity contribution in [1.82, 2.24) is 15.1 Å². The summed E-state index contributed by atoms with van der Waals surface area (Å²) in [6.07, 6.45) is 0.570. The lowest BCUT2D eigenvalue weighted by molar-refractivity contribution is -0.128. The van der Waals surface area contributed by atoms with Crippen LogP contribution in [0.25, 0.3) is 0 Å². The van der Waals surface area contributed by atoms with Gasteiger partial charge in [-0.15, -0.1) is 0 Å². The van der Waals surface area contributed by atoms with Crippen LogP contribution in [0.3, 0.4) is 0 Å². The second-order valence-electron chi connectivity index (χ2n) is 4.81. The van der Waals surface area contributed by atoms with E-state index in [4.69, 9.17) is 4.74 Å². The maximum absolute atomic E-state index is 11.4. The Morgan fingerprint density at radius 3 is 2.65 bits per heavy atom. The number of carbonyl (C=O) groups excluding carboxylic acids is 1. The lowest BCUT2D eigenvalue weighted by Gasteiger charge is -2.29. The zero-order valence-corrected chi connectivity index (χ0v) is 11.2. The second kappa shape index (κ2) is 7.63. The molecule has 0 aromatic heterocycles. The Labute approximate surface area is 104 Å². The average molecular weight is 243 g/mol. The van der Waals surface area contributed by atoms with Gasteiger partial charge in [-0.2, -0.15) is 0 Å². The highest BCUT2D eigenvalue weighted by atomic mass is 16.5. The van der Waals surface area contributed by atoms with Gasteiger partial charge in [0.05, 0.1) is 13.2 Å². The maximum Gasteiger partial charge on any atom is 0.223 e. The van der Waals surface area contributed by atoms with Crippen LogP contribution in [-0.4, -0.2) is 75.2 Å². The monoisotopic (exact) mass is 243 g/mol. The van der Waals surface area contributed by atoms with Crippen molar-refractivity contribution in [2.45, 2.75) is 19.4 Å². The molecule has 0 spiro atoms. The first-order valence-corrected chi connectivity index (χ1v) is 6.33. The molecule has 1 amide bonds. The van der Waals surface area contributed by atoms with Crippen molar-refractivity contribution in [3.05, 3.63) is 0 Å². The van der Waals surface area contributed by atoms with Crippen molar-refractivity contribution in [2.24, 2.45) is 0 Å². The highest BCUT2D eigenvalue weighted by molar-refractivity contribution is 5.75. The van der Waals surface area contributed by atoms with Crippen LogP contribution in [0, 0.1) is 0 Å². The summed E-state index contributed by atoms with van der Waals surface area (Å²) in [5.41, 5.74) is 0. The Hall–Kier alpha value is -0.650. The van der Waals surface area contributed by atoms with E-state index in [0.29, 0.717) is 12.5 Å². The van der Waals surface area contributed by atoms with E-state index in [1.165, 1.54) is 0 Å². The molecular weight excluding hydrogens is 218 g/mol. The van der Waals surface area contributed by atoms with Crippen LogP contribution < -0.4 is 5.32 Å². The molecule has 0 radical (unpaired) electrons. The van der Waals surface area contributed by atoms with Crippen molar-refractivity contribution in [1.29, 1.82) is 0 Å². The van der Waals surface area contributed by atoms with Crippen molar-refractivity contribution >= 4 is 5.91 Å².